The van der Waals surface area contributed by atoms with Crippen LogP contribution < -0.4 is 10.6 Å². The fourth-order valence-electron chi connectivity index (χ4n) is 3.44. The van der Waals surface area contributed by atoms with Gasteiger partial charge in [-0.3, -0.25) is 5.32 Å². The van der Waals surface area contributed by atoms with Crippen LogP contribution in [0.1, 0.15) is 76.7 Å². The van der Waals surface area contributed by atoms with Gasteiger partial charge < -0.3 is 10.1 Å². The molecular formula is C22H36N2O2. The number of nitrogens with one attached hydrogen (secondary N) is 2. The molecule has 26 heavy (non-hydrogen) atoms. The predicted octanol–water partition coefficient (Wildman–Crippen LogP) is 5.67. The van der Waals surface area contributed by atoms with Gasteiger partial charge in [-0.2, -0.15) is 0 Å². The lowest BCUT2D eigenvalue weighted by Gasteiger charge is -2.22. The zero-order valence-corrected chi connectivity index (χ0v) is 16.4. The van der Waals surface area contributed by atoms with E-state index >= 15 is 0 Å². The van der Waals surface area contributed by atoms with E-state index in [1.54, 1.807) is 0 Å². The van der Waals surface area contributed by atoms with Crippen molar-refractivity contribution in [2.24, 2.45) is 0 Å². The summed E-state index contributed by atoms with van der Waals surface area (Å²) in [6.07, 6.45) is 13.5. The smallest absolute Gasteiger partial charge is 0.411 e. The van der Waals surface area contributed by atoms with E-state index in [2.05, 4.69) is 29.7 Å². The largest absolute Gasteiger partial charge is 0.445 e. The third-order valence-corrected chi connectivity index (χ3v) is 5.04. The zero-order chi connectivity index (χ0) is 18.5. The van der Waals surface area contributed by atoms with Crippen molar-refractivity contribution < 1.29 is 9.53 Å². The molecule has 4 nitrogen and oxygen atoms in total. The Morgan fingerprint density at radius 1 is 1.08 bits per heavy atom. The lowest BCUT2D eigenvalue weighted by atomic mass is 10.0. The Balaban J connectivity index is 1.57. The molecule has 0 radical (unpaired) electrons. The molecule has 0 aromatic heterocycles. The van der Waals surface area contributed by atoms with Gasteiger partial charge in [-0.1, -0.05) is 64.0 Å². The van der Waals surface area contributed by atoms with Crippen LogP contribution in [-0.4, -0.2) is 25.3 Å². The Morgan fingerprint density at radius 2 is 1.77 bits per heavy atom. The number of carbonyl (C=O) groups is 1. The van der Waals surface area contributed by atoms with Gasteiger partial charge in [-0.05, 0) is 49.9 Å². The number of amides is 1. The lowest BCUT2D eigenvalue weighted by Crippen LogP contribution is -2.37. The van der Waals surface area contributed by atoms with Gasteiger partial charge in [-0.25, -0.2) is 4.79 Å². The van der Waals surface area contributed by atoms with E-state index in [1.165, 1.54) is 56.9 Å². The summed E-state index contributed by atoms with van der Waals surface area (Å²) in [6.45, 7) is 4.03. The molecule has 0 aliphatic carbocycles. The molecule has 2 N–H and O–H groups in total. The Morgan fingerprint density at radius 3 is 2.42 bits per heavy atom. The first-order valence-electron chi connectivity index (χ1n) is 10.5. The van der Waals surface area contributed by atoms with Crippen LogP contribution >= 0.6 is 0 Å². The van der Waals surface area contributed by atoms with E-state index in [9.17, 15) is 4.79 Å². The highest BCUT2D eigenvalue weighted by Gasteiger charge is 2.17. The highest BCUT2D eigenvalue weighted by molar-refractivity contribution is 5.84. The normalized spacial score (nSPS) is 17.0. The standard InChI is InChI=1S/C22H36N2O2/c1-2-3-4-5-6-7-8-9-11-19-13-15-20(16-14-19)24-22(25)26-21-12-10-17-23-18-21/h13-16,21,23H,2-12,17-18H2,1H3,(H,24,25)/t21-/m1/s1. The van der Waals surface area contributed by atoms with Crippen molar-refractivity contribution in [1.82, 2.24) is 5.32 Å². The average molecular weight is 361 g/mol. The van der Waals surface area contributed by atoms with Crippen LogP contribution in [0.3, 0.4) is 0 Å². The molecule has 0 unspecified atom stereocenters. The summed E-state index contributed by atoms with van der Waals surface area (Å²) in [5.74, 6) is 0. The van der Waals surface area contributed by atoms with Gasteiger partial charge in [0.2, 0.25) is 0 Å². The number of aryl methyl sites for hydroxylation is 1. The van der Waals surface area contributed by atoms with Crippen LogP contribution in [0.2, 0.25) is 0 Å². The molecule has 1 aliphatic rings. The van der Waals surface area contributed by atoms with Gasteiger partial charge in [0, 0.05) is 12.2 Å². The summed E-state index contributed by atoms with van der Waals surface area (Å²) in [5.41, 5.74) is 2.14. The second-order valence-electron chi connectivity index (χ2n) is 7.42. The quantitative estimate of drug-likeness (QED) is 0.500. The van der Waals surface area contributed by atoms with Crippen LogP contribution in [0.25, 0.3) is 0 Å². The molecule has 1 aromatic rings. The Bertz CT molecular complexity index is 495. The second-order valence-corrected chi connectivity index (χ2v) is 7.42. The molecule has 0 spiro atoms. The molecular weight excluding hydrogens is 324 g/mol. The third-order valence-electron chi connectivity index (χ3n) is 5.04. The van der Waals surface area contributed by atoms with Gasteiger partial charge in [0.15, 0.2) is 0 Å². The van der Waals surface area contributed by atoms with E-state index in [1.807, 2.05) is 12.1 Å². The number of anilines is 1. The van der Waals surface area contributed by atoms with Crippen LogP contribution in [-0.2, 0) is 11.2 Å². The van der Waals surface area contributed by atoms with Crippen molar-refractivity contribution in [3.05, 3.63) is 29.8 Å². The van der Waals surface area contributed by atoms with E-state index in [-0.39, 0.29) is 12.2 Å². The summed E-state index contributed by atoms with van der Waals surface area (Å²) in [4.78, 5) is 11.9. The number of hydrogen-bond donors (Lipinski definition) is 2. The van der Waals surface area contributed by atoms with Crippen LogP contribution in [0.15, 0.2) is 24.3 Å². The first-order valence-corrected chi connectivity index (χ1v) is 10.5. The highest BCUT2D eigenvalue weighted by atomic mass is 16.6. The van der Waals surface area contributed by atoms with Gasteiger partial charge in [0.05, 0.1) is 0 Å². The lowest BCUT2D eigenvalue weighted by molar-refractivity contribution is 0.0941. The molecule has 2 rings (SSSR count). The fourth-order valence-corrected chi connectivity index (χ4v) is 3.44. The maximum Gasteiger partial charge on any atom is 0.411 e. The minimum atomic E-state index is -0.352. The molecule has 1 atom stereocenters. The topological polar surface area (TPSA) is 50.4 Å². The van der Waals surface area contributed by atoms with Crippen molar-refractivity contribution in [2.45, 2.75) is 83.7 Å². The predicted molar refractivity (Wildman–Crippen MR) is 109 cm³/mol. The van der Waals surface area contributed by atoms with Crippen LogP contribution in [0, 0.1) is 0 Å². The molecule has 1 aromatic carbocycles. The van der Waals surface area contributed by atoms with Crippen molar-refractivity contribution in [3.63, 3.8) is 0 Å². The number of unbranched alkanes of at least 4 members (excludes halogenated alkanes) is 7. The van der Waals surface area contributed by atoms with Crippen LogP contribution in [0.4, 0.5) is 10.5 Å². The van der Waals surface area contributed by atoms with Crippen LogP contribution in [0.5, 0.6) is 0 Å². The fraction of sp³-hybridized carbons (Fsp3) is 0.682. The molecule has 146 valence electrons. The SMILES string of the molecule is CCCCCCCCCCc1ccc(NC(=O)O[C@@H]2CCCNC2)cc1. The van der Waals surface area contributed by atoms with Gasteiger partial charge in [0.25, 0.3) is 0 Å². The van der Waals surface area contributed by atoms with Gasteiger partial charge in [0.1, 0.15) is 6.10 Å². The molecule has 1 amide bonds. The maximum atomic E-state index is 11.9. The molecule has 1 fully saturated rings. The van der Waals surface area contributed by atoms with Crippen molar-refractivity contribution in [1.29, 1.82) is 0 Å². The summed E-state index contributed by atoms with van der Waals surface area (Å²) >= 11 is 0. The summed E-state index contributed by atoms with van der Waals surface area (Å²) in [5, 5.41) is 6.08. The first kappa shape index (κ1) is 20.8. The minimum absolute atomic E-state index is 0.00926. The van der Waals surface area contributed by atoms with E-state index in [0.717, 1.165) is 38.0 Å². The average Bonchev–Trinajstić information content (AvgIpc) is 2.66. The highest BCUT2D eigenvalue weighted by Crippen LogP contribution is 2.15. The minimum Gasteiger partial charge on any atom is -0.445 e. The summed E-state index contributed by atoms with van der Waals surface area (Å²) in [7, 11) is 0. The second kappa shape index (κ2) is 12.7. The number of piperidine rings is 1. The molecule has 1 aliphatic heterocycles. The number of benzene rings is 1. The van der Waals surface area contributed by atoms with Crippen molar-refractivity contribution >= 4 is 11.8 Å². The van der Waals surface area contributed by atoms with Gasteiger partial charge in [-0.15, -0.1) is 0 Å². The maximum absolute atomic E-state index is 11.9. The van der Waals surface area contributed by atoms with Crippen molar-refractivity contribution in [3.8, 4) is 0 Å². The van der Waals surface area contributed by atoms with E-state index in [4.69, 9.17) is 4.74 Å². The number of rotatable bonds is 11. The first-order chi connectivity index (χ1) is 12.8. The number of ether oxygens (including phenoxy) is 1. The summed E-state index contributed by atoms with van der Waals surface area (Å²) in [6, 6.07) is 8.17. The number of hydrogen-bond acceptors (Lipinski definition) is 3. The van der Waals surface area contributed by atoms with Gasteiger partial charge >= 0.3 is 6.09 Å². The molecule has 0 saturated carbocycles. The molecule has 0 bridgehead atoms. The molecule has 1 heterocycles. The summed E-state index contributed by atoms with van der Waals surface area (Å²) < 4.78 is 5.44. The number of carbonyl (C=O) groups excluding carboxylic acids is 1. The van der Waals surface area contributed by atoms with E-state index < -0.39 is 0 Å². The Hall–Kier alpha value is -1.55. The third kappa shape index (κ3) is 8.70. The van der Waals surface area contributed by atoms with E-state index in [0.29, 0.717) is 0 Å². The molecule has 4 heteroatoms. The molecule has 1 saturated heterocycles. The van der Waals surface area contributed by atoms with Crippen molar-refractivity contribution in [2.75, 3.05) is 18.4 Å². The Labute approximate surface area is 159 Å². The Kier molecular flexibility index (Phi) is 10.2. The zero-order valence-electron chi connectivity index (χ0n) is 16.4. The monoisotopic (exact) mass is 360 g/mol.